The standard InChI is InChI=1S/C18H29FN4/c1-3-20-18(22-13-16-5-4-12-23(2)14-16)21-11-10-15-6-8-17(19)9-7-15/h6-9,16H,3-5,10-14H2,1-2H3,(H2,20,21,22). The van der Waals surface area contributed by atoms with Gasteiger partial charge >= 0.3 is 0 Å². The molecule has 1 saturated heterocycles. The molecule has 0 aromatic heterocycles. The van der Waals surface area contributed by atoms with Gasteiger partial charge in [-0.05, 0) is 63.4 Å². The maximum absolute atomic E-state index is 12.9. The molecular formula is C18H29FN4. The number of benzene rings is 1. The smallest absolute Gasteiger partial charge is 0.191 e. The Labute approximate surface area is 139 Å². The Hall–Kier alpha value is -1.62. The molecule has 128 valence electrons. The lowest BCUT2D eigenvalue weighted by molar-refractivity contribution is 0.214. The second-order valence-electron chi connectivity index (χ2n) is 6.29. The highest BCUT2D eigenvalue weighted by molar-refractivity contribution is 5.79. The van der Waals surface area contributed by atoms with Crippen LogP contribution in [0.1, 0.15) is 25.3 Å². The minimum absolute atomic E-state index is 0.186. The van der Waals surface area contributed by atoms with Crippen molar-refractivity contribution in [3.63, 3.8) is 0 Å². The Morgan fingerprint density at radius 2 is 2.09 bits per heavy atom. The summed E-state index contributed by atoms with van der Waals surface area (Å²) in [7, 11) is 2.18. The molecule has 1 fully saturated rings. The van der Waals surface area contributed by atoms with Crippen molar-refractivity contribution >= 4 is 5.96 Å². The van der Waals surface area contributed by atoms with Gasteiger partial charge in [0.2, 0.25) is 0 Å². The lowest BCUT2D eigenvalue weighted by Gasteiger charge is -2.28. The van der Waals surface area contributed by atoms with Crippen molar-refractivity contribution in [1.29, 1.82) is 0 Å². The highest BCUT2D eigenvalue weighted by Crippen LogP contribution is 2.14. The van der Waals surface area contributed by atoms with Gasteiger partial charge in [-0.3, -0.25) is 4.99 Å². The van der Waals surface area contributed by atoms with Crippen LogP contribution in [0.2, 0.25) is 0 Å². The molecule has 2 N–H and O–H groups in total. The second kappa shape index (κ2) is 9.50. The number of guanidine groups is 1. The molecule has 1 atom stereocenters. The number of rotatable bonds is 6. The van der Waals surface area contributed by atoms with Crippen molar-refractivity contribution in [2.75, 3.05) is 39.8 Å². The molecule has 1 aromatic rings. The summed E-state index contributed by atoms with van der Waals surface area (Å²) in [6.07, 6.45) is 3.39. The summed E-state index contributed by atoms with van der Waals surface area (Å²) in [6, 6.07) is 6.68. The maximum Gasteiger partial charge on any atom is 0.191 e. The number of halogens is 1. The van der Waals surface area contributed by atoms with Crippen molar-refractivity contribution in [3.05, 3.63) is 35.6 Å². The van der Waals surface area contributed by atoms with Crippen LogP contribution in [0, 0.1) is 11.7 Å². The molecule has 0 aliphatic carbocycles. The van der Waals surface area contributed by atoms with Crippen LogP contribution in [-0.2, 0) is 6.42 Å². The largest absolute Gasteiger partial charge is 0.357 e. The molecular weight excluding hydrogens is 291 g/mol. The number of hydrogen-bond donors (Lipinski definition) is 2. The molecule has 1 unspecified atom stereocenters. The van der Waals surface area contributed by atoms with Gasteiger partial charge in [-0.2, -0.15) is 0 Å². The summed E-state index contributed by atoms with van der Waals surface area (Å²) in [4.78, 5) is 7.11. The van der Waals surface area contributed by atoms with E-state index in [0.29, 0.717) is 5.92 Å². The predicted molar refractivity (Wildman–Crippen MR) is 94.3 cm³/mol. The number of aliphatic imine (C=N–C) groups is 1. The number of likely N-dealkylation sites (tertiary alicyclic amines) is 1. The SMILES string of the molecule is CCNC(=NCC1CCCN(C)C1)NCCc1ccc(F)cc1. The van der Waals surface area contributed by atoms with Gasteiger partial charge in [0.05, 0.1) is 0 Å². The van der Waals surface area contributed by atoms with Gasteiger partial charge in [-0.1, -0.05) is 12.1 Å². The zero-order chi connectivity index (χ0) is 16.5. The molecule has 4 nitrogen and oxygen atoms in total. The van der Waals surface area contributed by atoms with Gasteiger partial charge in [0.15, 0.2) is 5.96 Å². The fraction of sp³-hybridized carbons (Fsp3) is 0.611. The van der Waals surface area contributed by atoms with Crippen molar-refractivity contribution in [2.24, 2.45) is 10.9 Å². The average molecular weight is 320 g/mol. The number of piperidine rings is 1. The van der Waals surface area contributed by atoms with Crippen LogP contribution in [0.25, 0.3) is 0 Å². The summed E-state index contributed by atoms with van der Waals surface area (Å²) in [5.74, 6) is 1.35. The lowest BCUT2D eigenvalue weighted by atomic mass is 9.99. The maximum atomic E-state index is 12.9. The summed E-state index contributed by atoms with van der Waals surface area (Å²) in [5.41, 5.74) is 1.13. The average Bonchev–Trinajstić information content (AvgIpc) is 2.54. The molecule has 0 bridgehead atoms. The monoisotopic (exact) mass is 320 g/mol. The Morgan fingerprint density at radius 1 is 1.30 bits per heavy atom. The van der Waals surface area contributed by atoms with Crippen LogP contribution < -0.4 is 10.6 Å². The van der Waals surface area contributed by atoms with Crippen LogP contribution >= 0.6 is 0 Å². The van der Waals surface area contributed by atoms with E-state index in [4.69, 9.17) is 4.99 Å². The van der Waals surface area contributed by atoms with Crippen molar-refractivity contribution in [1.82, 2.24) is 15.5 Å². The van der Waals surface area contributed by atoms with Gasteiger partial charge in [0.1, 0.15) is 5.82 Å². The van der Waals surface area contributed by atoms with Crippen LogP contribution in [0.15, 0.2) is 29.3 Å². The molecule has 2 rings (SSSR count). The van der Waals surface area contributed by atoms with E-state index in [1.807, 2.05) is 12.1 Å². The lowest BCUT2D eigenvalue weighted by Crippen LogP contribution is -2.39. The zero-order valence-corrected chi connectivity index (χ0v) is 14.3. The van der Waals surface area contributed by atoms with E-state index < -0.39 is 0 Å². The van der Waals surface area contributed by atoms with E-state index in [1.54, 1.807) is 0 Å². The quantitative estimate of drug-likeness (QED) is 0.624. The van der Waals surface area contributed by atoms with Crippen molar-refractivity contribution in [3.8, 4) is 0 Å². The Kier molecular flexibility index (Phi) is 7.33. The third-order valence-corrected chi connectivity index (χ3v) is 4.19. The first-order valence-electron chi connectivity index (χ1n) is 8.62. The van der Waals surface area contributed by atoms with Crippen molar-refractivity contribution in [2.45, 2.75) is 26.2 Å². The third-order valence-electron chi connectivity index (χ3n) is 4.19. The molecule has 1 aromatic carbocycles. The van der Waals surface area contributed by atoms with Gasteiger partial charge < -0.3 is 15.5 Å². The van der Waals surface area contributed by atoms with E-state index in [-0.39, 0.29) is 5.82 Å². The Balaban J connectivity index is 1.78. The van der Waals surface area contributed by atoms with Crippen LogP contribution in [0.4, 0.5) is 4.39 Å². The van der Waals surface area contributed by atoms with Gasteiger partial charge in [-0.15, -0.1) is 0 Å². The number of nitrogens with one attached hydrogen (secondary N) is 2. The van der Waals surface area contributed by atoms with E-state index in [2.05, 4.69) is 29.5 Å². The molecule has 1 aliphatic rings. The first-order chi connectivity index (χ1) is 11.2. The van der Waals surface area contributed by atoms with Crippen LogP contribution in [0.5, 0.6) is 0 Å². The van der Waals surface area contributed by atoms with E-state index >= 15 is 0 Å². The molecule has 0 amide bonds. The molecule has 5 heteroatoms. The van der Waals surface area contributed by atoms with Gasteiger partial charge in [-0.25, -0.2) is 4.39 Å². The molecule has 0 saturated carbocycles. The number of nitrogens with zero attached hydrogens (tertiary/aromatic N) is 2. The molecule has 1 heterocycles. The summed E-state index contributed by atoms with van der Waals surface area (Å²) in [5, 5.41) is 6.66. The summed E-state index contributed by atoms with van der Waals surface area (Å²) >= 11 is 0. The Bertz CT molecular complexity index is 486. The molecule has 0 spiro atoms. The Morgan fingerprint density at radius 3 is 2.78 bits per heavy atom. The van der Waals surface area contributed by atoms with Gasteiger partial charge in [0.25, 0.3) is 0 Å². The normalized spacial score (nSPS) is 19.6. The van der Waals surface area contributed by atoms with E-state index in [0.717, 1.165) is 44.1 Å². The van der Waals surface area contributed by atoms with Gasteiger partial charge in [0, 0.05) is 26.2 Å². The van der Waals surface area contributed by atoms with E-state index in [9.17, 15) is 4.39 Å². The molecule has 1 aliphatic heterocycles. The third kappa shape index (κ3) is 6.57. The fourth-order valence-corrected chi connectivity index (χ4v) is 2.96. The summed E-state index contributed by atoms with van der Waals surface area (Å²) < 4.78 is 12.9. The first kappa shape index (κ1) is 17.7. The zero-order valence-electron chi connectivity index (χ0n) is 14.3. The summed E-state index contributed by atoms with van der Waals surface area (Å²) in [6.45, 7) is 6.94. The van der Waals surface area contributed by atoms with Crippen LogP contribution in [-0.4, -0.2) is 50.6 Å². The highest BCUT2D eigenvalue weighted by atomic mass is 19.1. The van der Waals surface area contributed by atoms with Crippen molar-refractivity contribution < 1.29 is 4.39 Å². The van der Waals surface area contributed by atoms with Crippen LogP contribution in [0.3, 0.4) is 0 Å². The second-order valence-corrected chi connectivity index (χ2v) is 6.29. The minimum atomic E-state index is -0.186. The van der Waals surface area contributed by atoms with E-state index in [1.165, 1.54) is 31.5 Å². The molecule has 0 radical (unpaired) electrons. The first-order valence-corrected chi connectivity index (χ1v) is 8.62. The molecule has 23 heavy (non-hydrogen) atoms. The topological polar surface area (TPSA) is 39.7 Å². The number of hydrogen-bond acceptors (Lipinski definition) is 2. The predicted octanol–water partition coefficient (Wildman–Crippen LogP) is 2.27. The fourth-order valence-electron chi connectivity index (χ4n) is 2.96. The highest BCUT2D eigenvalue weighted by Gasteiger charge is 2.16. The minimum Gasteiger partial charge on any atom is -0.357 e.